The van der Waals surface area contributed by atoms with Gasteiger partial charge < -0.3 is 19.9 Å². The Morgan fingerprint density at radius 1 is 1.20 bits per heavy atom. The summed E-state index contributed by atoms with van der Waals surface area (Å²) >= 11 is 0. The van der Waals surface area contributed by atoms with Crippen LogP contribution in [0.4, 0.5) is 10.5 Å². The number of benzene rings is 1. The minimum atomic E-state index is -0.876. The Kier molecular flexibility index (Phi) is 5.59. The van der Waals surface area contributed by atoms with Crippen LogP contribution in [0.25, 0.3) is 17.3 Å². The molecule has 1 heterocycles. The molecule has 0 fully saturated rings. The lowest BCUT2D eigenvalue weighted by atomic mass is 10.1. The normalized spacial score (nSPS) is 11.8. The molecule has 7 nitrogen and oxygen atoms in total. The predicted molar refractivity (Wildman–Crippen MR) is 94.2 cm³/mol. The molecule has 0 saturated heterocycles. The summed E-state index contributed by atoms with van der Waals surface area (Å²) in [5.41, 5.74) is 7.15. The molecule has 0 amide bonds. The van der Waals surface area contributed by atoms with Crippen molar-refractivity contribution in [3.8, 4) is 11.3 Å². The number of hydrogen-bond acceptors (Lipinski definition) is 7. The second-order valence-electron chi connectivity index (χ2n) is 6.13. The van der Waals surface area contributed by atoms with Gasteiger partial charge in [0.1, 0.15) is 5.60 Å². The average Bonchev–Trinajstić information content (AvgIpc) is 2.55. The van der Waals surface area contributed by atoms with Gasteiger partial charge in [0.25, 0.3) is 5.95 Å². The van der Waals surface area contributed by atoms with E-state index in [1.54, 1.807) is 20.8 Å². The quantitative estimate of drug-likeness (QED) is 0.669. The van der Waals surface area contributed by atoms with E-state index in [1.807, 2.05) is 30.3 Å². The van der Waals surface area contributed by atoms with Crippen molar-refractivity contribution < 1.29 is 19.0 Å². The largest absolute Gasteiger partial charge is 0.516 e. The number of hydrogen-bond donors (Lipinski definition) is 1. The van der Waals surface area contributed by atoms with Crippen molar-refractivity contribution in [1.82, 2.24) is 9.97 Å². The van der Waals surface area contributed by atoms with Gasteiger partial charge in [-0.05, 0) is 20.8 Å². The van der Waals surface area contributed by atoms with E-state index in [4.69, 9.17) is 19.9 Å². The number of ether oxygens (including phenoxy) is 3. The van der Waals surface area contributed by atoms with Gasteiger partial charge in [-0.15, -0.1) is 0 Å². The molecule has 0 radical (unpaired) electrons. The molecule has 2 aromatic rings. The number of anilines is 1. The van der Waals surface area contributed by atoms with Crippen LogP contribution in [-0.2, 0) is 14.2 Å². The molecule has 1 aromatic heterocycles. The first kappa shape index (κ1) is 18.3. The first-order valence-corrected chi connectivity index (χ1v) is 7.63. The van der Waals surface area contributed by atoms with Crippen LogP contribution in [0.2, 0.25) is 0 Å². The molecule has 1 aromatic carbocycles. The fourth-order valence-corrected chi connectivity index (χ4v) is 1.89. The van der Waals surface area contributed by atoms with Crippen LogP contribution >= 0.6 is 0 Å². The third-order valence-corrected chi connectivity index (χ3v) is 2.90. The van der Waals surface area contributed by atoms with Gasteiger partial charge in [-0.3, -0.25) is 0 Å². The second kappa shape index (κ2) is 7.65. The number of nitrogen functional groups attached to an aromatic ring is 1. The summed E-state index contributed by atoms with van der Waals surface area (Å²) in [5, 5.41) is 0. The zero-order chi connectivity index (χ0) is 18.4. The highest BCUT2D eigenvalue weighted by Gasteiger charge is 2.19. The standard InChI is InChI=1S/C18H21N3O4/c1-18(2,3)25-17(22)24-15(23-4)10-14-20-11-13(19)16(21-14)12-8-6-5-7-9-12/h5-11H,19H2,1-4H3/b15-10-. The number of methoxy groups -OCH3 is 1. The van der Waals surface area contributed by atoms with Crippen molar-refractivity contribution in [2.45, 2.75) is 26.4 Å². The van der Waals surface area contributed by atoms with Crippen LogP contribution in [0.1, 0.15) is 26.6 Å². The van der Waals surface area contributed by atoms with Crippen molar-refractivity contribution in [2.24, 2.45) is 0 Å². The SMILES string of the molecule is CO/C(=C/c1ncc(N)c(-c2ccccc2)n1)OC(=O)OC(C)(C)C. The minimum absolute atomic E-state index is 0.0852. The summed E-state index contributed by atoms with van der Waals surface area (Å²) < 4.78 is 15.1. The third-order valence-electron chi connectivity index (χ3n) is 2.90. The first-order chi connectivity index (χ1) is 11.8. The number of nitrogens with zero attached hydrogens (tertiary/aromatic N) is 2. The van der Waals surface area contributed by atoms with E-state index in [9.17, 15) is 4.79 Å². The smallest absolute Gasteiger partial charge is 0.468 e. The van der Waals surface area contributed by atoms with Gasteiger partial charge in [0.05, 0.1) is 30.8 Å². The molecule has 0 saturated carbocycles. The lowest BCUT2D eigenvalue weighted by Gasteiger charge is -2.18. The molecule has 0 aliphatic heterocycles. The minimum Gasteiger partial charge on any atom is -0.468 e. The van der Waals surface area contributed by atoms with Crippen molar-refractivity contribution in [1.29, 1.82) is 0 Å². The van der Waals surface area contributed by atoms with E-state index in [0.717, 1.165) is 5.56 Å². The van der Waals surface area contributed by atoms with Crippen molar-refractivity contribution >= 4 is 17.9 Å². The van der Waals surface area contributed by atoms with E-state index in [1.165, 1.54) is 19.4 Å². The molecule has 0 atom stereocenters. The monoisotopic (exact) mass is 343 g/mol. The number of aromatic nitrogens is 2. The molecular formula is C18H21N3O4. The van der Waals surface area contributed by atoms with E-state index >= 15 is 0 Å². The molecular weight excluding hydrogens is 322 g/mol. The second-order valence-corrected chi connectivity index (χ2v) is 6.13. The van der Waals surface area contributed by atoms with Crippen molar-refractivity contribution in [2.75, 3.05) is 12.8 Å². The van der Waals surface area contributed by atoms with Crippen LogP contribution in [0.5, 0.6) is 0 Å². The van der Waals surface area contributed by atoms with E-state index in [0.29, 0.717) is 11.4 Å². The van der Waals surface area contributed by atoms with Gasteiger partial charge >= 0.3 is 6.16 Å². The summed E-state index contributed by atoms with van der Waals surface area (Å²) in [4.78, 5) is 20.2. The summed E-state index contributed by atoms with van der Waals surface area (Å²) in [5.74, 6) is 0.200. The number of nitrogens with two attached hydrogens (primary N) is 1. The van der Waals surface area contributed by atoms with Gasteiger partial charge in [0, 0.05) is 5.56 Å². The molecule has 0 spiro atoms. The third kappa shape index (κ3) is 5.49. The Balaban J connectivity index is 2.25. The maximum Gasteiger partial charge on any atom is 0.516 e. The number of carbonyl (C=O) groups excluding carboxylic acids is 1. The van der Waals surface area contributed by atoms with Crippen molar-refractivity contribution in [3.63, 3.8) is 0 Å². The predicted octanol–water partition coefficient (Wildman–Crippen LogP) is 3.62. The van der Waals surface area contributed by atoms with E-state index < -0.39 is 11.8 Å². The molecule has 25 heavy (non-hydrogen) atoms. The summed E-state index contributed by atoms with van der Waals surface area (Å²) in [6.45, 7) is 5.21. The van der Waals surface area contributed by atoms with Crippen LogP contribution in [-0.4, -0.2) is 28.8 Å². The number of carbonyl (C=O) groups is 1. The Bertz CT molecular complexity index is 768. The van der Waals surface area contributed by atoms with Crippen LogP contribution < -0.4 is 5.73 Å². The molecule has 0 unspecified atom stereocenters. The van der Waals surface area contributed by atoms with Crippen LogP contribution in [0, 0.1) is 0 Å². The Morgan fingerprint density at radius 2 is 1.88 bits per heavy atom. The highest BCUT2D eigenvalue weighted by molar-refractivity contribution is 5.72. The maximum atomic E-state index is 11.7. The van der Waals surface area contributed by atoms with E-state index in [2.05, 4.69) is 9.97 Å². The molecule has 7 heteroatoms. The Hall–Kier alpha value is -3.09. The lowest BCUT2D eigenvalue weighted by Crippen LogP contribution is -2.24. The zero-order valence-corrected chi connectivity index (χ0v) is 14.6. The Morgan fingerprint density at radius 3 is 2.48 bits per heavy atom. The molecule has 2 N–H and O–H groups in total. The average molecular weight is 343 g/mol. The van der Waals surface area contributed by atoms with Crippen molar-refractivity contribution in [3.05, 3.63) is 48.3 Å². The van der Waals surface area contributed by atoms with Gasteiger partial charge in [-0.2, -0.15) is 0 Å². The molecule has 0 bridgehead atoms. The first-order valence-electron chi connectivity index (χ1n) is 7.63. The maximum absolute atomic E-state index is 11.7. The lowest BCUT2D eigenvalue weighted by molar-refractivity contribution is -0.0153. The highest BCUT2D eigenvalue weighted by Crippen LogP contribution is 2.23. The topological polar surface area (TPSA) is 96.6 Å². The van der Waals surface area contributed by atoms with Crippen LogP contribution in [0.15, 0.2) is 42.5 Å². The van der Waals surface area contributed by atoms with Crippen LogP contribution in [0.3, 0.4) is 0 Å². The van der Waals surface area contributed by atoms with Gasteiger partial charge in [-0.25, -0.2) is 14.8 Å². The number of rotatable bonds is 4. The zero-order valence-electron chi connectivity index (χ0n) is 14.6. The summed E-state index contributed by atoms with van der Waals surface area (Å²) in [7, 11) is 1.37. The Labute approximate surface area is 146 Å². The van der Waals surface area contributed by atoms with E-state index in [-0.39, 0.29) is 11.8 Å². The fourth-order valence-electron chi connectivity index (χ4n) is 1.89. The molecule has 132 valence electrons. The molecule has 0 aliphatic carbocycles. The molecule has 0 aliphatic rings. The molecule has 2 rings (SSSR count). The van der Waals surface area contributed by atoms with Gasteiger partial charge in [0.2, 0.25) is 0 Å². The summed E-state index contributed by atoms with van der Waals surface area (Å²) in [6, 6.07) is 9.46. The van der Waals surface area contributed by atoms with Gasteiger partial charge in [-0.1, -0.05) is 30.3 Å². The highest BCUT2D eigenvalue weighted by atomic mass is 16.8. The fraction of sp³-hybridized carbons (Fsp3) is 0.278. The summed E-state index contributed by atoms with van der Waals surface area (Å²) in [6.07, 6.45) is 2.00. The van der Waals surface area contributed by atoms with Gasteiger partial charge in [0.15, 0.2) is 5.82 Å².